The van der Waals surface area contributed by atoms with Gasteiger partial charge < -0.3 is 15.6 Å². The fourth-order valence-electron chi connectivity index (χ4n) is 2.00. The van der Waals surface area contributed by atoms with E-state index in [9.17, 15) is 0 Å². The molecule has 0 rings (SSSR count). The molecule has 17 heavy (non-hydrogen) atoms. The van der Waals surface area contributed by atoms with Gasteiger partial charge in [0.15, 0.2) is 16.6 Å². The zero-order valence-corrected chi connectivity index (χ0v) is 14.5. The van der Waals surface area contributed by atoms with Gasteiger partial charge in [-0.05, 0) is 65.0 Å². The van der Waals surface area contributed by atoms with Crippen molar-refractivity contribution in [1.82, 2.24) is 0 Å². The van der Waals surface area contributed by atoms with Crippen LogP contribution in [0, 0.1) is 0 Å². The number of hydrogen-bond donors (Lipinski definition) is 2. The van der Waals surface area contributed by atoms with Gasteiger partial charge in [0.25, 0.3) is 0 Å². The molecule has 2 unspecified atom stereocenters. The van der Waals surface area contributed by atoms with Crippen molar-refractivity contribution in [1.29, 1.82) is 0 Å². The summed E-state index contributed by atoms with van der Waals surface area (Å²) in [5.41, 5.74) is 11.6. The van der Waals surface area contributed by atoms with E-state index >= 15 is 0 Å². The van der Waals surface area contributed by atoms with Gasteiger partial charge in [-0.25, -0.2) is 0 Å². The average molecular weight is 277 g/mol. The molecule has 5 heteroatoms. The molecule has 4 N–H and O–H groups in total. The summed E-state index contributed by atoms with van der Waals surface area (Å²) in [5.74, 6) is 0. The minimum absolute atomic E-state index is 0.291. The van der Waals surface area contributed by atoms with Gasteiger partial charge in [-0.2, -0.15) is 0 Å². The fourth-order valence-corrected chi connectivity index (χ4v) is 11.1. The first-order valence-corrected chi connectivity index (χ1v) is 13.0. The summed E-state index contributed by atoms with van der Waals surface area (Å²) in [6.45, 7) is 13.4. The van der Waals surface area contributed by atoms with Crippen LogP contribution in [-0.2, 0) is 4.12 Å². The van der Waals surface area contributed by atoms with Gasteiger partial charge in [-0.1, -0.05) is 0 Å². The van der Waals surface area contributed by atoms with Crippen LogP contribution in [0.3, 0.4) is 0 Å². The first-order chi connectivity index (χ1) is 7.54. The Labute approximate surface area is 110 Å². The van der Waals surface area contributed by atoms with E-state index in [1.807, 2.05) is 0 Å². The van der Waals surface area contributed by atoms with Crippen LogP contribution >= 0.6 is 0 Å². The molecule has 0 aliphatic heterocycles. The smallest absolute Gasteiger partial charge is 0.173 e. The number of hydrogen-bond acceptors (Lipinski definition) is 3. The maximum Gasteiger partial charge on any atom is 0.173 e. The van der Waals surface area contributed by atoms with E-state index in [-0.39, 0.29) is 0 Å². The number of nitrogens with two attached hydrogens (primary N) is 2. The van der Waals surface area contributed by atoms with Gasteiger partial charge in [-0.3, -0.25) is 0 Å². The summed E-state index contributed by atoms with van der Waals surface area (Å²) in [6.07, 6.45) is 2.16. The molecule has 104 valence electrons. The molecule has 0 aromatic rings. The normalized spacial score (nSPS) is 16.9. The van der Waals surface area contributed by atoms with E-state index in [0.717, 1.165) is 12.8 Å². The molecular formula is C12H32N2OSi2. The molecule has 0 aliphatic carbocycles. The van der Waals surface area contributed by atoms with Gasteiger partial charge in [0.2, 0.25) is 0 Å². The van der Waals surface area contributed by atoms with Crippen LogP contribution in [0.5, 0.6) is 0 Å². The molecule has 0 fully saturated rings. The third-order valence-corrected chi connectivity index (χ3v) is 10.4. The van der Waals surface area contributed by atoms with Gasteiger partial charge >= 0.3 is 0 Å². The largest absolute Gasteiger partial charge is 0.455 e. The summed E-state index contributed by atoms with van der Waals surface area (Å²) in [6, 6.07) is 2.91. The van der Waals surface area contributed by atoms with E-state index in [1.54, 1.807) is 0 Å². The lowest BCUT2D eigenvalue weighted by Crippen LogP contribution is -2.45. The van der Waals surface area contributed by atoms with Crippen molar-refractivity contribution in [3.63, 3.8) is 0 Å². The average Bonchev–Trinajstić information content (AvgIpc) is 2.10. The lowest BCUT2D eigenvalue weighted by molar-refractivity contribution is 0.519. The molecule has 2 atom stereocenters. The molecular weight excluding hydrogens is 244 g/mol. The molecule has 0 radical (unpaired) electrons. The summed E-state index contributed by atoms with van der Waals surface area (Å²) in [5, 5.41) is 0. The highest BCUT2D eigenvalue weighted by atomic mass is 28.4. The van der Waals surface area contributed by atoms with Crippen LogP contribution in [0.25, 0.3) is 0 Å². The highest BCUT2D eigenvalue weighted by Crippen LogP contribution is 2.24. The standard InChI is InChI=1S/C12H32N2OSi2/c1-11(13)7-9-16(3,4)15-17(5,6)10-8-12(2)14/h11-12H,7-10,13-14H2,1-6H3. The Kier molecular flexibility index (Phi) is 7.17. The second-order valence-corrected chi connectivity index (χ2v) is 15.5. The van der Waals surface area contributed by atoms with E-state index in [2.05, 4.69) is 40.0 Å². The lowest BCUT2D eigenvalue weighted by Gasteiger charge is -2.34. The van der Waals surface area contributed by atoms with Gasteiger partial charge in [0.05, 0.1) is 0 Å². The Morgan fingerprint density at radius 2 is 1.12 bits per heavy atom. The van der Waals surface area contributed by atoms with E-state index in [1.165, 1.54) is 12.1 Å². The van der Waals surface area contributed by atoms with Gasteiger partial charge in [-0.15, -0.1) is 0 Å². The first-order valence-electron chi connectivity index (χ1n) is 6.75. The molecule has 0 heterocycles. The fraction of sp³-hybridized carbons (Fsp3) is 1.00. The second-order valence-electron chi connectivity index (χ2n) is 6.65. The second kappa shape index (κ2) is 7.04. The van der Waals surface area contributed by atoms with Crippen molar-refractivity contribution in [3.8, 4) is 0 Å². The minimum Gasteiger partial charge on any atom is -0.455 e. The van der Waals surface area contributed by atoms with Crippen molar-refractivity contribution in [2.45, 2.75) is 77.0 Å². The first kappa shape index (κ1) is 17.3. The van der Waals surface area contributed by atoms with Gasteiger partial charge in [0.1, 0.15) is 0 Å². The Hall–Kier alpha value is 0.314. The van der Waals surface area contributed by atoms with Crippen molar-refractivity contribution in [2.24, 2.45) is 11.5 Å². The monoisotopic (exact) mass is 276 g/mol. The molecule has 0 saturated heterocycles. The molecule has 0 spiro atoms. The predicted octanol–water partition coefficient (Wildman–Crippen LogP) is 2.89. The Bertz CT molecular complexity index is 197. The minimum atomic E-state index is -1.53. The van der Waals surface area contributed by atoms with Crippen LogP contribution < -0.4 is 11.5 Å². The van der Waals surface area contributed by atoms with Crippen LogP contribution in [0.4, 0.5) is 0 Å². The molecule has 0 saturated carbocycles. The van der Waals surface area contributed by atoms with E-state index in [4.69, 9.17) is 15.6 Å². The third kappa shape index (κ3) is 9.97. The third-order valence-electron chi connectivity index (χ3n) is 2.96. The molecule has 0 bridgehead atoms. The van der Waals surface area contributed by atoms with Crippen LogP contribution in [-0.4, -0.2) is 28.7 Å². The topological polar surface area (TPSA) is 61.3 Å². The highest BCUT2D eigenvalue weighted by Gasteiger charge is 2.32. The van der Waals surface area contributed by atoms with Crippen molar-refractivity contribution < 1.29 is 4.12 Å². The van der Waals surface area contributed by atoms with Gasteiger partial charge in [0, 0.05) is 12.1 Å². The summed E-state index contributed by atoms with van der Waals surface area (Å²) >= 11 is 0. The molecule has 0 aromatic heterocycles. The molecule has 0 aromatic carbocycles. The molecule has 0 aliphatic rings. The quantitative estimate of drug-likeness (QED) is 0.670. The zero-order chi connectivity index (χ0) is 13.7. The zero-order valence-electron chi connectivity index (χ0n) is 12.5. The van der Waals surface area contributed by atoms with Crippen LogP contribution in [0.15, 0.2) is 0 Å². The van der Waals surface area contributed by atoms with Crippen LogP contribution in [0.1, 0.15) is 26.7 Å². The Morgan fingerprint density at radius 1 is 0.824 bits per heavy atom. The Morgan fingerprint density at radius 3 is 1.35 bits per heavy atom. The SMILES string of the molecule is CC(N)CC[Si](C)(C)O[Si](C)(C)CCC(C)N. The Balaban J connectivity index is 4.17. The predicted molar refractivity (Wildman–Crippen MR) is 82.2 cm³/mol. The maximum absolute atomic E-state index is 6.49. The van der Waals surface area contributed by atoms with Crippen LogP contribution in [0.2, 0.25) is 38.3 Å². The van der Waals surface area contributed by atoms with E-state index in [0.29, 0.717) is 12.1 Å². The van der Waals surface area contributed by atoms with Crippen molar-refractivity contribution in [3.05, 3.63) is 0 Å². The number of rotatable bonds is 8. The maximum atomic E-state index is 6.49. The lowest BCUT2D eigenvalue weighted by atomic mass is 10.3. The summed E-state index contributed by atoms with van der Waals surface area (Å²) in [4.78, 5) is 0. The summed E-state index contributed by atoms with van der Waals surface area (Å²) in [7, 11) is -3.07. The molecule has 3 nitrogen and oxygen atoms in total. The van der Waals surface area contributed by atoms with Crippen molar-refractivity contribution >= 4 is 16.6 Å². The highest BCUT2D eigenvalue weighted by molar-refractivity contribution is 6.84. The summed E-state index contributed by atoms with van der Waals surface area (Å²) < 4.78 is 6.49. The molecule has 0 amide bonds. The van der Waals surface area contributed by atoms with Crippen molar-refractivity contribution in [2.75, 3.05) is 0 Å². The van der Waals surface area contributed by atoms with E-state index < -0.39 is 16.6 Å².